The average Bonchev–Trinajstić information content (AvgIpc) is 1.95. The number of sulfone groups is 1. The normalized spacial score (nSPS) is 18.7. The number of halogens is 1. The third-order valence-electron chi connectivity index (χ3n) is 15.6. The molecule has 2 fully saturated rings. The second-order valence-electron chi connectivity index (χ2n) is 25.0. The van der Waals surface area contributed by atoms with Crippen LogP contribution in [-0.2, 0) is 54.9 Å². The number of rotatable bonds is 24. The minimum Gasteiger partial charge on any atom is -0.490 e. The van der Waals surface area contributed by atoms with Crippen molar-refractivity contribution in [1.29, 1.82) is 0 Å². The van der Waals surface area contributed by atoms with Gasteiger partial charge in [0, 0.05) is 98.3 Å². The number of fused-ring (bicyclic) bond motifs is 2. The van der Waals surface area contributed by atoms with Gasteiger partial charge in [0.05, 0.1) is 74.4 Å². The highest BCUT2D eigenvalue weighted by Crippen LogP contribution is 2.41. The second-order valence-corrected chi connectivity index (χ2v) is 27.6. The average molecular weight is 1200 g/mol. The standard InChI is InChI=1S/C61H86FN11O11S/c1-40-32-70(54(75)37-82-24-23-80-20-19-79-21-22-81-25-26-83-51-30-49-48(29-52(51)85(77,78)60(8,9)10)57(65-39-64-49)66-56-42(3)43(4)67-68-56)18-17-69(40)34-47-35-72(58(76)84-59(5,6)7)41(2)33-71(47)36-53(74)73-38-61(11,12)55-50(73)28-45(31-63-55)27-44-13-15-46(62)16-14-44/h13-16,28-31,39-41,47H,17-27,32-38H2,1-12H3,(H2,64,65,66,67,68)/t40-,41-,47-/m0/s1. The zero-order chi connectivity index (χ0) is 61.4. The Morgan fingerprint density at radius 3 is 2.08 bits per heavy atom. The number of piperazine rings is 2. The summed E-state index contributed by atoms with van der Waals surface area (Å²) in [5, 5.41) is 10.9. The maximum absolute atomic E-state index is 14.6. The van der Waals surface area contributed by atoms with Gasteiger partial charge in [0.1, 0.15) is 47.4 Å². The molecule has 0 spiro atoms. The van der Waals surface area contributed by atoms with Crippen LogP contribution >= 0.6 is 0 Å². The summed E-state index contributed by atoms with van der Waals surface area (Å²) in [5.41, 5.74) is 4.76. The fourth-order valence-corrected chi connectivity index (χ4v) is 12.0. The van der Waals surface area contributed by atoms with E-state index in [1.165, 1.54) is 18.5 Å². The van der Waals surface area contributed by atoms with Crippen molar-refractivity contribution in [2.75, 3.05) is 122 Å². The van der Waals surface area contributed by atoms with Gasteiger partial charge in [0.15, 0.2) is 15.7 Å². The molecule has 8 rings (SSSR count). The Hall–Kier alpha value is -6.41. The van der Waals surface area contributed by atoms with Gasteiger partial charge in [-0.05, 0) is 111 Å². The van der Waals surface area contributed by atoms with Crippen LogP contribution in [0.1, 0.15) is 97.3 Å². The molecular weight excluding hydrogens is 1110 g/mol. The first-order valence-electron chi connectivity index (χ1n) is 29.2. The number of benzene rings is 2. The lowest BCUT2D eigenvalue weighted by atomic mass is 9.91. The molecule has 0 saturated carbocycles. The molecule has 3 atom stereocenters. The summed E-state index contributed by atoms with van der Waals surface area (Å²) < 4.78 is 74.9. The molecule has 3 aliphatic rings. The van der Waals surface area contributed by atoms with E-state index in [2.05, 4.69) is 56.1 Å². The van der Waals surface area contributed by atoms with Gasteiger partial charge in [0.2, 0.25) is 11.8 Å². The number of carbonyl (C=O) groups excluding carboxylic acids is 3. The van der Waals surface area contributed by atoms with E-state index in [-0.39, 0.29) is 104 Å². The highest BCUT2D eigenvalue weighted by molar-refractivity contribution is 7.92. The summed E-state index contributed by atoms with van der Waals surface area (Å²) in [4.78, 5) is 65.2. The Bertz CT molecular complexity index is 3240. The molecule has 3 aliphatic heterocycles. The summed E-state index contributed by atoms with van der Waals surface area (Å²) in [6, 6.07) is 11.2. The fourth-order valence-electron chi connectivity index (χ4n) is 10.7. The van der Waals surface area contributed by atoms with Crippen LogP contribution < -0.4 is 15.0 Å². The van der Waals surface area contributed by atoms with Crippen LogP contribution in [-0.4, -0.2) is 211 Å². The van der Waals surface area contributed by atoms with Crippen LogP contribution in [0.15, 0.2) is 59.9 Å². The van der Waals surface area contributed by atoms with Gasteiger partial charge < -0.3 is 48.4 Å². The number of ether oxygens (including phenoxy) is 6. The van der Waals surface area contributed by atoms with Crippen LogP contribution in [0.4, 0.5) is 26.5 Å². The number of aryl methyl sites for hydroxylation is 1. The van der Waals surface area contributed by atoms with Crippen molar-refractivity contribution in [3.05, 3.63) is 88.9 Å². The van der Waals surface area contributed by atoms with Crippen molar-refractivity contribution in [3.8, 4) is 5.75 Å². The third-order valence-corrected chi connectivity index (χ3v) is 18.1. The molecule has 2 N–H and O–H groups in total. The highest BCUT2D eigenvalue weighted by Gasteiger charge is 2.43. The van der Waals surface area contributed by atoms with Crippen molar-refractivity contribution in [2.24, 2.45) is 0 Å². The molecule has 0 aliphatic carbocycles. The smallest absolute Gasteiger partial charge is 0.410 e. The van der Waals surface area contributed by atoms with Gasteiger partial charge in [0.25, 0.3) is 0 Å². The number of hydrogen-bond donors (Lipinski definition) is 2. The van der Waals surface area contributed by atoms with E-state index in [1.807, 2.05) is 63.6 Å². The second kappa shape index (κ2) is 27.5. The first kappa shape index (κ1) is 64.6. The Balaban J connectivity index is 0.744. The van der Waals surface area contributed by atoms with Crippen LogP contribution in [0, 0.1) is 19.7 Å². The van der Waals surface area contributed by atoms with Crippen LogP contribution in [0.2, 0.25) is 0 Å². The van der Waals surface area contributed by atoms with E-state index >= 15 is 0 Å². The molecule has 0 bridgehead atoms. The number of hydrogen-bond acceptors (Lipinski definition) is 18. The zero-order valence-corrected chi connectivity index (χ0v) is 52.3. The van der Waals surface area contributed by atoms with Crippen molar-refractivity contribution >= 4 is 56.0 Å². The Labute approximate surface area is 499 Å². The lowest BCUT2D eigenvalue weighted by Gasteiger charge is -2.48. The number of nitrogens with one attached hydrogen (secondary N) is 2. The van der Waals surface area contributed by atoms with Gasteiger partial charge in [-0.1, -0.05) is 26.0 Å². The SMILES string of the molecule is Cc1[nH]nc(Nc2ncnc3cc(OCCOCCOCCOCCOCC(=O)N4CCN(C[C@H]5CN(C(=O)OC(C)(C)C)[C@@H](C)CN5CC(=O)N5CC(C)(C)c6ncc(Cc7ccc(F)cc7)cc65)[C@@H](C)C4)c(S(=O)(=O)C(C)(C)C)cc23)c1C. The maximum Gasteiger partial charge on any atom is 0.410 e. The quantitative estimate of drug-likeness (QED) is 0.0590. The maximum atomic E-state index is 14.6. The molecule has 0 radical (unpaired) electrons. The van der Waals surface area contributed by atoms with E-state index in [4.69, 9.17) is 33.4 Å². The van der Waals surface area contributed by atoms with E-state index in [0.29, 0.717) is 94.6 Å². The first-order valence-corrected chi connectivity index (χ1v) is 30.7. The Morgan fingerprint density at radius 1 is 0.776 bits per heavy atom. The predicted octanol–water partition coefficient (Wildman–Crippen LogP) is 7.02. The van der Waals surface area contributed by atoms with Gasteiger partial charge in [-0.3, -0.25) is 29.5 Å². The summed E-state index contributed by atoms with van der Waals surface area (Å²) in [7, 11) is -3.86. The van der Waals surface area contributed by atoms with Crippen molar-refractivity contribution in [3.63, 3.8) is 0 Å². The summed E-state index contributed by atoms with van der Waals surface area (Å²) in [6.45, 7) is 28.1. The number of anilines is 3. The monoisotopic (exact) mass is 1200 g/mol. The number of pyridine rings is 1. The molecule has 24 heteroatoms. The van der Waals surface area contributed by atoms with Crippen LogP contribution in [0.3, 0.4) is 0 Å². The molecule has 464 valence electrons. The largest absolute Gasteiger partial charge is 0.490 e. The van der Waals surface area contributed by atoms with E-state index < -0.39 is 20.2 Å². The number of carbonyl (C=O) groups is 3. The highest BCUT2D eigenvalue weighted by atomic mass is 32.2. The zero-order valence-electron chi connectivity index (χ0n) is 51.5. The van der Waals surface area contributed by atoms with Crippen LogP contribution in [0.5, 0.6) is 5.75 Å². The minimum absolute atomic E-state index is 0.0110. The van der Waals surface area contributed by atoms with Crippen LogP contribution in [0.25, 0.3) is 10.9 Å². The molecule has 3 aromatic heterocycles. The fraction of sp³-hybridized carbons (Fsp3) is 0.590. The predicted molar refractivity (Wildman–Crippen MR) is 321 cm³/mol. The number of H-pyrrole nitrogens is 1. The summed E-state index contributed by atoms with van der Waals surface area (Å²) >= 11 is 0. The molecule has 85 heavy (non-hydrogen) atoms. The molecule has 3 amide bonds. The van der Waals surface area contributed by atoms with E-state index in [0.717, 1.165) is 33.8 Å². The van der Waals surface area contributed by atoms with Gasteiger partial charge >= 0.3 is 6.09 Å². The third kappa shape index (κ3) is 16.4. The summed E-state index contributed by atoms with van der Waals surface area (Å²) in [6.07, 6.45) is 3.40. The molecule has 22 nitrogen and oxygen atoms in total. The molecule has 2 aromatic carbocycles. The van der Waals surface area contributed by atoms with Crippen molar-refractivity contribution < 1.29 is 55.6 Å². The Morgan fingerprint density at radius 2 is 1.45 bits per heavy atom. The minimum atomic E-state index is -3.86. The number of aromatic amines is 1. The van der Waals surface area contributed by atoms with Crippen molar-refractivity contribution in [2.45, 2.75) is 128 Å². The number of nitrogens with zero attached hydrogens (tertiary/aromatic N) is 9. The molecule has 5 aromatic rings. The topological polar surface area (TPSA) is 236 Å². The molecular formula is C61H86FN11O11S. The summed E-state index contributed by atoms with van der Waals surface area (Å²) in [5.74, 6) is 0.697. The lowest BCUT2D eigenvalue weighted by molar-refractivity contribution is -0.140. The Kier molecular flexibility index (Phi) is 20.9. The number of aromatic nitrogens is 5. The first-order chi connectivity index (χ1) is 40.2. The molecule has 0 unspecified atom stereocenters. The van der Waals surface area contributed by atoms with Gasteiger partial charge in [-0.15, -0.1) is 0 Å². The molecule has 6 heterocycles. The molecule has 2 saturated heterocycles. The van der Waals surface area contributed by atoms with E-state index in [9.17, 15) is 27.2 Å². The van der Waals surface area contributed by atoms with Crippen molar-refractivity contribution in [1.82, 2.24) is 44.7 Å². The lowest BCUT2D eigenvalue weighted by Crippen LogP contribution is -2.65. The van der Waals surface area contributed by atoms with E-state index in [1.54, 1.807) is 49.9 Å². The van der Waals surface area contributed by atoms with Gasteiger partial charge in [-0.2, -0.15) is 5.10 Å². The number of amides is 3. The van der Waals surface area contributed by atoms with Gasteiger partial charge in [-0.25, -0.2) is 27.6 Å².